The molecular weight excluding hydrogens is 226 g/mol. The zero-order chi connectivity index (χ0) is 13.1. The van der Waals surface area contributed by atoms with Crippen molar-refractivity contribution in [3.8, 4) is 11.1 Å². The maximum absolute atomic E-state index is 11.5. The Kier molecular flexibility index (Phi) is 3.46. The lowest BCUT2D eigenvalue weighted by Gasteiger charge is -2.04. The summed E-state index contributed by atoms with van der Waals surface area (Å²) in [5.41, 5.74) is 4.01. The van der Waals surface area contributed by atoms with Crippen molar-refractivity contribution in [3.63, 3.8) is 0 Å². The summed E-state index contributed by atoms with van der Waals surface area (Å²) in [6.07, 6.45) is 1.87. The van der Waals surface area contributed by atoms with Gasteiger partial charge in [0.1, 0.15) is 0 Å². The number of rotatable bonds is 3. The predicted octanol–water partition coefficient (Wildman–Crippen LogP) is 2.24. The van der Waals surface area contributed by atoms with E-state index in [-0.39, 0.29) is 5.91 Å². The Morgan fingerprint density at radius 2 is 2.00 bits per heavy atom. The van der Waals surface area contributed by atoms with Gasteiger partial charge in [-0.1, -0.05) is 12.1 Å². The van der Waals surface area contributed by atoms with Crippen molar-refractivity contribution >= 4 is 5.91 Å². The summed E-state index contributed by atoms with van der Waals surface area (Å²) in [5, 5.41) is 6.93. The van der Waals surface area contributed by atoms with Crippen LogP contribution in [-0.4, -0.2) is 22.7 Å². The predicted molar refractivity (Wildman–Crippen MR) is 71.5 cm³/mol. The third-order valence-corrected chi connectivity index (χ3v) is 3.09. The lowest BCUT2D eigenvalue weighted by atomic mass is 10.0. The highest BCUT2D eigenvalue weighted by Crippen LogP contribution is 2.23. The second-order valence-corrected chi connectivity index (χ2v) is 4.12. The first kappa shape index (κ1) is 12.4. The molecule has 0 saturated heterocycles. The van der Waals surface area contributed by atoms with E-state index in [0.29, 0.717) is 5.56 Å². The monoisotopic (exact) mass is 243 g/mol. The van der Waals surface area contributed by atoms with E-state index in [2.05, 4.69) is 24.3 Å². The van der Waals surface area contributed by atoms with Crippen LogP contribution in [0.4, 0.5) is 0 Å². The van der Waals surface area contributed by atoms with E-state index in [0.717, 1.165) is 23.4 Å². The van der Waals surface area contributed by atoms with Crippen LogP contribution in [-0.2, 0) is 6.54 Å². The standard InChI is InChI=1S/C14H17N3O/c1-4-17-10(2)13(9-16-17)11-5-7-12(8-6-11)14(18)15-3/h5-9H,4H2,1-3H3,(H,15,18). The summed E-state index contributed by atoms with van der Waals surface area (Å²) in [5.74, 6) is -0.0671. The molecule has 1 N–H and O–H groups in total. The van der Waals surface area contributed by atoms with E-state index in [1.807, 2.05) is 35.1 Å². The number of hydrogen-bond donors (Lipinski definition) is 1. The molecule has 2 rings (SSSR count). The van der Waals surface area contributed by atoms with E-state index < -0.39 is 0 Å². The summed E-state index contributed by atoms with van der Waals surface area (Å²) in [6, 6.07) is 7.57. The highest BCUT2D eigenvalue weighted by Gasteiger charge is 2.08. The van der Waals surface area contributed by atoms with Crippen molar-refractivity contribution in [2.24, 2.45) is 0 Å². The van der Waals surface area contributed by atoms with E-state index in [4.69, 9.17) is 0 Å². The first-order valence-electron chi connectivity index (χ1n) is 6.02. The van der Waals surface area contributed by atoms with Crippen molar-refractivity contribution in [1.82, 2.24) is 15.1 Å². The molecular formula is C14H17N3O. The molecule has 4 nitrogen and oxygen atoms in total. The molecule has 18 heavy (non-hydrogen) atoms. The van der Waals surface area contributed by atoms with Crippen LogP contribution in [0.2, 0.25) is 0 Å². The van der Waals surface area contributed by atoms with Gasteiger partial charge in [-0.05, 0) is 31.5 Å². The zero-order valence-electron chi connectivity index (χ0n) is 10.9. The van der Waals surface area contributed by atoms with Gasteiger partial charge in [0, 0.05) is 30.4 Å². The van der Waals surface area contributed by atoms with Crippen molar-refractivity contribution < 1.29 is 4.79 Å². The summed E-state index contributed by atoms with van der Waals surface area (Å²) in [6.45, 7) is 4.99. The van der Waals surface area contributed by atoms with E-state index in [1.54, 1.807) is 7.05 Å². The summed E-state index contributed by atoms with van der Waals surface area (Å²) < 4.78 is 1.96. The van der Waals surface area contributed by atoms with E-state index in [9.17, 15) is 4.79 Å². The lowest BCUT2D eigenvalue weighted by Crippen LogP contribution is -2.17. The molecule has 0 spiro atoms. The molecule has 0 aliphatic heterocycles. The fourth-order valence-electron chi connectivity index (χ4n) is 1.99. The number of aryl methyl sites for hydroxylation is 1. The van der Waals surface area contributed by atoms with Crippen LogP contribution in [0.15, 0.2) is 30.5 Å². The van der Waals surface area contributed by atoms with Gasteiger partial charge in [-0.15, -0.1) is 0 Å². The minimum Gasteiger partial charge on any atom is -0.355 e. The molecule has 1 aromatic heterocycles. The summed E-state index contributed by atoms with van der Waals surface area (Å²) in [7, 11) is 1.63. The summed E-state index contributed by atoms with van der Waals surface area (Å²) in [4.78, 5) is 11.5. The number of carbonyl (C=O) groups is 1. The van der Waals surface area contributed by atoms with Crippen LogP contribution in [0.3, 0.4) is 0 Å². The van der Waals surface area contributed by atoms with E-state index in [1.165, 1.54) is 0 Å². The average Bonchev–Trinajstić information content (AvgIpc) is 2.79. The van der Waals surface area contributed by atoms with Gasteiger partial charge in [-0.2, -0.15) is 5.10 Å². The molecule has 1 amide bonds. The molecule has 0 fully saturated rings. The number of nitrogens with one attached hydrogen (secondary N) is 1. The number of hydrogen-bond acceptors (Lipinski definition) is 2. The fourth-order valence-corrected chi connectivity index (χ4v) is 1.99. The minimum absolute atomic E-state index is 0.0671. The van der Waals surface area contributed by atoms with Gasteiger partial charge >= 0.3 is 0 Å². The highest BCUT2D eigenvalue weighted by molar-refractivity contribution is 5.94. The maximum atomic E-state index is 11.5. The van der Waals surface area contributed by atoms with Gasteiger partial charge in [-0.25, -0.2) is 0 Å². The third-order valence-electron chi connectivity index (χ3n) is 3.09. The van der Waals surface area contributed by atoms with Crippen molar-refractivity contribution in [2.75, 3.05) is 7.05 Å². The lowest BCUT2D eigenvalue weighted by molar-refractivity contribution is 0.0963. The third kappa shape index (κ3) is 2.14. The Morgan fingerprint density at radius 3 is 2.50 bits per heavy atom. The molecule has 0 radical (unpaired) electrons. The minimum atomic E-state index is -0.0671. The smallest absolute Gasteiger partial charge is 0.251 e. The molecule has 0 aliphatic carbocycles. The molecule has 0 atom stereocenters. The van der Waals surface area contributed by atoms with Crippen molar-refractivity contribution in [2.45, 2.75) is 20.4 Å². The van der Waals surface area contributed by atoms with Gasteiger partial charge in [0.15, 0.2) is 0 Å². The summed E-state index contributed by atoms with van der Waals surface area (Å²) >= 11 is 0. The number of carbonyl (C=O) groups excluding carboxylic acids is 1. The molecule has 0 unspecified atom stereocenters. The maximum Gasteiger partial charge on any atom is 0.251 e. The topological polar surface area (TPSA) is 46.9 Å². The van der Waals surface area contributed by atoms with Crippen molar-refractivity contribution in [1.29, 1.82) is 0 Å². The number of benzene rings is 1. The van der Waals surface area contributed by atoms with Gasteiger partial charge < -0.3 is 5.32 Å². The highest BCUT2D eigenvalue weighted by atomic mass is 16.1. The number of nitrogens with zero attached hydrogens (tertiary/aromatic N) is 2. The zero-order valence-corrected chi connectivity index (χ0v) is 10.9. The molecule has 1 heterocycles. The first-order chi connectivity index (χ1) is 8.67. The fraction of sp³-hybridized carbons (Fsp3) is 0.286. The average molecular weight is 243 g/mol. The molecule has 0 aliphatic rings. The van der Waals surface area contributed by atoms with Crippen LogP contribution < -0.4 is 5.32 Å². The Balaban J connectivity index is 2.34. The number of amides is 1. The van der Waals surface area contributed by atoms with Crippen LogP contribution in [0.25, 0.3) is 11.1 Å². The second kappa shape index (κ2) is 5.04. The normalized spacial score (nSPS) is 10.4. The molecule has 2 aromatic rings. The van der Waals surface area contributed by atoms with Gasteiger partial charge in [-0.3, -0.25) is 9.48 Å². The molecule has 1 aromatic carbocycles. The molecule has 94 valence electrons. The SMILES string of the molecule is CCn1ncc(-c2ccc(C(=O)NC)cc2)c1C. The van der Waals surface area contributed by atoms with Crippen LogP contribution in [0, 0.1) is 6.92 Å². The molecule has 0 bridgehead atoms. The van der Waals surface area contributed by atoms with Gasteiger partial charge in [0.2, 0.25) is 0 Å². The van der Waals surface area contributed by atoms with Crippen molar-refractivity contribution in [3.05, 3.63) is 41.7 Å². The van der Waals surface area contributed by atoms with Crippen LogP contribution in [0.5, 0.6) is 0 Å². The second-order valence-electron chi connectivity index (χ2n) is 4.12. The van der Waals surface area contributed by atoms with Crippen LogP contribution in [0.1, 0.15) is 23.0 Å². The Hall–Kier alpha value is -2.10. The largest absolute Gasteiger partial charge is 0.355 e. The molecule has 0 saturated carbocycles. The number of aromatic nitrogens is 2. The van der Waals surface area contributed by atoms with Gasteiger partial charge in [0.25, 0.3) is 5.91 Å². The van der Waals surface area contributed by atoms with Gasteiger partial charge in [0.05, 0.1) is 6.20 Å². The van der Waals surface area contributed by atoms with Crippen LogP contribution >= 0.6 is 0 Å². The first-order valence-corrected chi connectivity index (χ1v) is 6.02. The Labute approximate surface area is 107 Å². The Morgan fingerprint density at radius 1 is 1.33 bits per heavy atom. The Bertz CT molecular complexity index is 555. The molecule has 4 heteroatoms. The quantitative estimate of drug-likeness (QED) is 0.898. The van der Waals surface area contributed by atoms with E-state index >= 15 is 0 Å².